The smallest absolute Gasteiger partial charge is 0.253 e. The van der Waals surface area contributed by atoms with Crippen LogP contribution in [0, 0.1) is 11.8 Å². The zero-order chi connectivity index (χ0) is 19.9. The quantitative estimate of drug-likeness (QED) is 0.391. The SMILES string of the molecule is CCC(C)CCCC=CC1CCN(C(=O)c2ccc(C(C)(C)C)cc2)CC1. The van der Waals surface area contributed by atoms with Crippen LogP contribution in [-0.4, -0.2) is 23.9 Å². The molecule has 1 atom stereocenters. The van der Waals surface area contributed by atoms with Gasteiger partial charge in [0.1, 0.15) is 0 Å². The molecule has 0 aromatic heterocycles. The summed E-state index contributed by atoms with van der Waals surface area (Å²) in [5.74, 6) is 1.68. The van der Waals surface area contributed by atoms with Gasteiger partial charge in [0.25, 0.3) is 5.91 Å². The molecule has 0 radical (unpaired) electrons. The van der Waals surface area contributed by atoms with Crippen LogP contribution in [0.5, 0.6) is 0 Å². The number of benzene rings is 1. The van der Waals surface area contributed by atoms with Gasteiger partial charge in [-0.1, -0.05) is 71.7 Å². The van der Waals surface area contributed by atoms with Gasteiger partial charge < -0.3 is 4.90 Å². The molecular formula is C25H39NO. The minimum atomic E-state index is 0.126. The van der Waals surface area contributed by atoms with Crippen LogP contribution in [-0.2, 0) is 5.41 Å². The lowest BCUT2D eigenvalue weighted by atomic mass is 9.86. The van der Waals surface area contributed by atoms with E-state index in [1.165, 1.54) is 31.2 Å². The molecule has 2 rings (SSSR count). The fourth-order valence-electron chi connectivity index (χ4n) is 3.67. The van der Waals surface area contributed by atoms with Crippen LogP contribution >= 0.6 is 0 Å². The second-order valence-electron chi connectivity index (χ2n) is 9.33. The molecular weight excluding hydrogens is 330 g/mol. The van der Waals surface area contributed by atoms with Gasteiger partial charge >= 0.3 is 0 Å². The van der Waals surface area contributed by atoms with Crippen molar-refractivity contribution in [2.24, 2.45) is 11.8 Å². The molecule has 1 aliphatic heterocycles. The van der Waals surface area contributed by atoms with Gasteiger partial charge in [-0.2, -0.15) is 0 Å². The molecule has 1 aromatic carbocycles. The van der Waals surface area contributed by atoms with E-state index in [1.54, 1.807) is 0 Å². The first-order chi connectivity index (χ1) is 12.8. The fourth-order valence-corrected chi connectivity index (χ4v) is 3.67. The Bertz CT molecular complexity index is 600. The number of allylic oxidation sites excluding steroid dienone is 2. The molecule has 0 saturated carbocycles. The zero-order valence-electron chi connectivity index (χ0n) is 18.1. The van der Waals surface area contributed by atoms with Crippen molar-refractivity contribution >= 4 is 5.91 Å². The van der Waals surface area contributed by atoms with E-state index in [1.807, 2.05) is 17.0 Å². The second-order valence-corrected chi connectivity index (χ2v) is 9.33. The molecule has 1 aromatic rings. The highest BCUT2D eigenvalue weighted by molar-refractivity contribution is 5.94. The van der Waals surface area contributed by atoms with Crippen LogP contribution < -0.4 is 0 Å². The van der Waals surface area contributed by atoms with Crippen LogP contribution in [0.4, 0.5) is 0 Å². The van der Waals surface area contributed by atoms with E-state index in [-0.39, 0.29) is 11.3 Å². The molecule has 1 amide bonds. The van der Waals surface area contributed by atoms with Gasteiger partial charge in [0, 0.05) is 18.7 Å². The van der Waals surface area contributed by atoms with E-state index in [9.17, 15) is 4.79 Å². The number of hydrogen-bond acceptors (Lipinski definition) is 1. The number of unbranched alkanes of at least 4 members (excludes halogenated alkanes) is 1. The summed E-state index contributed by atoms with van der Waals surface area (Å²) in [5.41, 5.74) is 2.22. The molecule has 2 heteroatoms. The topological polar surface area (TPSA) is 20.3 Å². The maximum Gasteiger partial charge on any atom is 0.253 e. The number of piperidine rings is 1. The third kappa shape index (κ3) is 6.83. The first-order valence-corrected chi connectivity index (χ1v) is 10.9. The molecule has 1 fully saturated rings. The lowest BCUT2D eigenvalue weighted by Gasteiger charge is -2.31. The summed E-state index contributed by atoms with van der Waals surface area (Å²) >= 11 is 0. The predicted molar refractivity (Wildman–Crippen MR) is 116 cm³/mol. The van der Waals surface area contributed by atoms with Crippen LogP contribution in [0.25, 0.3) is 0 Å². The summed E-state index contributed by atoms with van der Waals surface area (Å²) in [4.78, 5) is 14.8. The molecule has 0 spiro atoms. The largest absolute Gasteiger partial charge is 0.339 e. The molecule has 1 heterocycles. The van der Waals surface area contributed by atoms with Crippen molar-refractivity contribution in [1.29, 1.82) is 0 Å². The highest BCUT2D eigenvalue weighted by Gasteiger charge is 2.23. The molecule has 1 unspecified atom stereocenters. The average Bonchev–Trinajstić information content (AvgIpc) is 2.67. The van der Waals surface area contributed by atoms with E-state index in [2.05, 4.69) is 58.9 Å². The molecule has 0 N–H and O–H groups in total. The van der Waals surface area contributed by atoms with Crippen LogP contribution in [0.1, 0.15) is 89.1 Å². The van der Waals surface area contributed by atoms with Crippen LogP contribution in [0.2, 0.25) is 0 Å². The Hall–Kier alpha value is -1.57. The van der Waals surface area contributed by atoms with Gasteiger partial charge in [-0.3, -0.25) is 4.79 Å². The van der Waals surface area contributed by atoms with E-state index >= 15 is 0 Å². The Labute approximate surface area is 167 Å². The third-order valence-corrected chi connectivity index (χ3v) is 6.00. The highest BCUT2D eigenvalue weighted by Crippen LogP contribution is 2.24. The Morgan fingerprint density at radius 3 is 2.37 bits per heavy atom. The fraction of sp³-hybridized carbons (Fsp3) is 0.640. The Balaban J connectivity index is 1.77. The number of hydrogen-bond donors (Lipinski definition) is 0. The van der Waals surface area contributed by atoms with Crippen LogP contribution in [0.3, 0.4) is 0 Å². The molecule has 1 saturated heterocycles. The lowest BCUT2D eigenvalue weighted by Crippen LogP contribution is -2.38. The van der Waals surface area contributed by atoms with Crippen molar-refractivity contribution in [3.05, 3.63) is 47.5 Å². The Morgan fingerprint density at radius 1 is 1.19 bits per heavy atom. The highest BCUT2D eigenvalue weighted by atomic mass is 16.2. The van der Waals surface area contributed by atoms with Gasteiger partial charge in [-0.15, -0.1) is 0 Å². The monoisotopic (exact) mass is 369 g/mol. The van der Waals surface area contributed by atoms with Crippen molar-refractivity contribution in [3.8, 4) is 0 Å². The maximum absolute atomic E-state index is 12.8. The molecule has 150 valence electrons. The second kappa shape index (κ2) is 10.1. The third-order valence-electron chi connectivity index (χ3n) is 6.00. The maximum atomic E-state index is 12.8. The van der Waals surface area contributed by atoms with E-state index in [4.69, 9.17) is 0 Å². The van der Waals surface area contributed by atoms with Crippen molar-refractivity contribution in [3.63, 3.8) is 0 Å². The van der Waals surface area contributed by atoms with Crippen molar-refractivity contribution in [2.75, 3.05) is 13.1 Å². The standard InChI is InChI=1S/C25H39NO/c1-6-20(2)10-8-7-9-11-21-16-18-26(19-17-21)24(27)22-12-14-23(15-13-22)25(3,4)5/h9,11-15,20-21H,6-8,10,16-19H2,1-5H3. The number of carbonyl (C=O) groups excluding carboxylic acids is 1. The number of rotatable bonds is 7. The van der Waals surface area contributed by atoms with Gasteiger partial charge in [0.05, 0.1) is 0 Å². The molecule has 2 nitrogen and oxygen atoms in total. The average molecular weight is 370 g/mol. The lowest BCUT2D eigenvalue weighted by molar-refractivity contribution is 0.0705. The minimum Gasteiger partial charge on any atom is -0.339 e. The van der Waals surface area contributed by atoms with E-state index < -0.39 is 0 Å². The molecule has 0 bridgehead atoms. The number of amides is 1. The van der Waals surface area contributed by atoms with Crippen molar-refractivity contribution in [1.82, 2.24) is 4.90 Å². The van der Waals surface area contributed by atoms with Crippen molar-refractivity contribution in [2.45, 2.75) is 78.6 Å². The van der Waals surface area contributed by atoms with Gasteiger partial charge in [-0.25, -0.2) is 0 Å². The summed E-state index contributed by atoms with van der Waals surface area (Å²) in [6.07, 6.45) is 12.1. The van der Waals surface area contributed by atoms with E-state index in [0.29, 0.717) is 5.92 Å². The number of nitrogens with zero attached hydrogens (tertiary/aromatic N) is 1. The summed E-state index contributed by atoms with van der Waals surface area (Å²) in [5, 5.41) is 0. The summed E-state index contributed by atoms with van der Waals surface area (Å²) in [6.45, 7) is 13.0. The van der Waals surface area contributed by atoms with Crippen LogP contribution in [0.15, 0.2) is 36.4 Å². The first kappa shape index (κ1) is 21.7. The number of likely N-dealkylation sites (tertiary alicyclic amines) is 1. The van der Waals surface area contributed by atoms with E-state index in [0.717, 1.165) is 37.4 Å². The summed E-state index contributed by atoms with van der Waals surface area (Å²) in [6, 6.07) is 8.18. The predicted octanol–water partition coefficient (Wildman–Crippen LogP) is 6.61. The summed E-state index contributed by atoms with van der Waals surface area (Å²) < 4.78 is 0. The molecule has 27 heavy (non-hydrogen) atoms. The Morgan fingerprint density at radius 2 is 1.81 bits per heavy atom. The van der Waals surface area contributed by atoms with Crippen molar-refractivity contribution < 1.29 is 4.79 Å². The minimum absolute atomic E-state index is 0.126. The Kier molecular flexibility index (Phi) is 8.13. The van der Waals surface area contributed by atoms with Gasteiger partial charge in [-0.05, 0) is 60.6 Å². The zero-order valence-corrected chi connectivity index (χ0v) is 18.1. The summed E-state index contributed by atoms with van der Waals surface area (Å²) in [7, 11) is 0. The van der Waals surface area contributed by atoms with Gasteiger partial charge in [0.2, 0.25) is 0 Å². The normalized spacial score (nSPS) is 17.4. The first-order valence-electron chi connectivity index (χ1n) is 10.9. The molecule has 1 aliphatic rings. The molecule has 0 aliphatic carbocycles. The van der Waals surface area contributed by atoms with Gasteiger partial charge in [0.15, 0.2) is 0 Å². The number of carbonyl (C=O) groups is 1.